The second kappa shape index (κ2) is 8.53. The number of amides is 1. The molecule has 5 rings (SSSR count). The van der Waals surface area contributed by atoms with E-state index >= 15 is 0 Å². The monoisotopic (exact) mass is 521 g/mol. The SMILES string of the molecule is C[C@H](N1CN([C@H]2c3ccccc3CSc3ccc(Cl)cc32)n2ccc(=O)c(O)c2C1=O)C(F)(F)F. The van der Waals surface area contributed by atoms with Gasteiger partial charge in [-0.05, 0) is 41.8 Å². The number of pyridine rings is 1. The molecule has 1 N–H and O–H groups in total. The van der Waals surface area contributed by atoms with Gasteiger partial charge in [0.25, 0.3) is 5.91 Å². The van der Waals surface area contributed by atoms with Gasteiger partial charge in [0.15, 0.2) is 11.4 Å². The van der Waals surface area contributed by atoms with Crippen molar-refractivity contribution in [3.63, 3.8) is 0 Å². The Bertz CT molecular complexity index is 1390. The number of carbonyl (C=O) groups is 1. The van der Waals surface area contributed by atoms with E-state index in [0.717, 1.165) is 34.6 Å². The smallest absolute Gasteiger partial charge is 0.408 e. The van der Waals surface area contributed by atoms with Gasteiger partial charge in [0.05, 0.1) is 6.04 Å². The molecule has 3 aromatic rings. The number of nitrogens with zero attached hydrogens (tertiary/aromatic N) is 3. The number of hydrogen-bond donors (Lipinski definition) is 1. The molecule has 2 atom stereocenters. The molecular weight excluding hydrogens is 503 g/mol. The van der Waals surface area contributed by atoms with E-state index in [9.17, 15) is 27.9 Å². The van der Waals surface area contributed by atoms with Crippen LogP contribution in [0.4, 0.5) is 13.2 Å². The molecule has 35 heavy (non-hydrogen) atoms. The van der Waals surface area contributed by atoms with Crippen LogP contribution in [0.25, 0.3) is 0 Å². The molecule has 0 spiro atoms. The van der Waals surface area contributed by atoms with Crippen molar-refractivity contribution in [2.24, 2.45) is 0 Å². The number of thioether (sulfide) groups is 1. The van der Waals surface area contributed by atoms with Crippen molar-refractivity contribution in [1.82, 2.24) is 9.58 Å². The van der Waals surface area contributed by atoms with Gasteiger partial charge in [-0.2, -0.15) is 13.2 Å². The van der Waals surface area contributed by atoms with Crippen molar-refractivity contribution in [2.75, 3.05) is 11.7 Å². The van der Waals surface area contributed by atoms with Gasteiger partial charge in [0.1, 0.15) is 12.7 Å². The van der Waals surface area contributed by atoms with E-state index in [-0.39, 0.29) is 0 Å². The minimum Gasteiger partial charge on any atom is -0.502 e. The predicted octanol–water partition coefficient (Wildman–Crippen LogP) is 4.90. The van der Waals surface area contributed by atoms with Crippen LogP contribution >= 0.6 is 23.4 Å². The van der Waals surface area contributed by atoms with Crippen LogP contribution in [0.5, 0.6) is 5.75 Å². The Morgan fingerprint density at radius 3 is 2.60 bits per heavy atom. The number of aromatic hydroxyl groups is 1. The molecule has 0 aliphatic carbocycles. The first-order valence-electron chi connectivity index (χ1n) is 10.7. The highest BCUT2D eigenvalue weighted by atomic mass is 35.5. The van der Waals surface area contributed by atoms with Crippen molar-refractivity contribution in [1.29, 1.82) is 0 Å². The normalized spacial score (nSPS) is 18.4. The standard InChI is InChI=1S/C24H19ClF3N3O3S/c1-13(24(26,27)28)29-12-31(30-9-8-18(32)22(33)21(30)23(29)34)20-16-5-3-2-4-14(16)11-35-19-7-6-15(25)10-17(19)20/h2-10,13,20,33H,11-12H2,1H3/t13-,20-/m0/s1. The van der Waals surface area contributed by atoms with Crippen molar-refractivity contribution >= 4 is 29.3 Å². The summed E-state index contributed by atoms with van der Waals surface area (Å²) in [5.74, 6) is -1.35. The predicted molar refractivity (Wildman–Crippen MR) is 126 cm³/mol. The molecule has 2 aliphatic heterocycles. The molecule has 0 unspecified atom stereocenters. The summed E-state index contributed by atoms with van der Waals surface area (Å²) in [5, 5.41) is 12.5. The van der Waals surface area contributed by atoms with Crippen LogP contribution in [-0.2, 0) is 5.75 Å². The molecule has 0 saturated heterocycles. The lowest BCUT2D eigenvalue weighted by molar-refractivity contribution is -0.173. The van der Waals surface area contributed by atoms with Gasteiger partial charge in [0, 0.05) is 27.9 Å². The molecule has 0 saturated carbocycles. The Hall–Kier alpha value is -3.11. The molecule has 11 heteroatoms. The molecule has 0 fully saturated rings. The minimum atomic E-state index is -4.72. The number of alkyl halides is 3. The van der Waals surface area contributed by atoms with Crippen molar-refractivity contribution in [2.45, 2.75) is 35.8 Å². The zero-order valence-corrected chi connectivity index (χ0v) is 19.9. The molecule has 2 aromatic carbocycles. The Labute approximate surface area is 207 Å². The highest BCUT2D eigenvalue weighted by molar-refractivity contribution is 7.98. The highest BCUT2D eigenvalue weighted by Gasteiger charge is 2.47. The Morgan fingerprint density at radius 1 is 1.11 bits per heavy atom. The van der Waals surface area contributed by atoms with Gasteiger partial charge in [-0.3, -0.25) is 19.3 Å². The molecule has 182 valence electrons. The molecule has 1 amide bonds. The quantitative estimate of drug-likeness (QED) is 0.519. The lowest BCUT2D eigenvalue weighted by Gasteiger charge is -2.46. The number of aromatic nitrogens is 1. The summed E-state index contributed by atoms with van der Waals surface area (Å²) in [6, 6.07) is 11.2. The minimum absolute atomic E-state index is 0.440. The molecular formula is C24H19ClF3N3O3S. The van der Waals surface area contributed by atoms with Crippen LogP contribution in [0, 0.1) is 0 Å². The molecule has 1 aromatic heterocycles. The Balaban J connectivity index is 1.79. The maximum Gasteiger partial charge on any atom is 0.408 e. The summed E-state index contributed by atoms with van der Waals surface area (Å²) in [5.41, 5.74) is 1.16. The van der Waals surface area contributed by atoms with E-state index in [4.69, 9.17) is 11.6 Å². The van der Waals surface area contributed by atoms with Crippen molar-refractivity contribution in [3.8, 4) is 5.75 Å². The van der Waals surface area contributed by atoms with Gasteiger partial charge >= 0.3 is 6.18 Å². The third kappa shape index (κ3) is 3.94. The fraction of sp³-hybridized carbons (Fsp3) is 0.250. The van der Waals surface area contributed by atoms with Crippen LogP contribution in [0.15, 0.2) is 64.4 Å². The van der Waals surface area contributed by atoms with E-state index in [1.807, 2.05) is 30.3 Å². The first-order chi connectivity index (χ1) is 16.6. The number of fused-ring (bicyclic) bond motifs is 3. The number of halogens is 4. The number of rotatable bonds is 2. The molecule has 0 bridgehead atoms. The fourth-order valence-corrected chi connectivity index (χ4v) is 5.73. The van der Waals surface area contributed by atoms with Crippen molar-refractivity contribution < 1.29 is 23.1 Å². The van der Waals surface area contributed by atoms with Gasteiger partial charge in [-0.25, -0.2) is 0 Å². The third-order valence-corrected chi connectivity index (χ3v) is 7.70. The summed E-state index contributed by atoms with van der Waals surface area (Å²) >= 11 is 7.91. The fourth-order valence-electron chi connectivity index (χ4n) is 4.48. The van der Waals surface area contributed by atoms with Crippen LogP contribution in [0.2, 0.25) is 5.02 Å². The Kier molecular flexibility index (Phi) is 5.76. The Morgan fingerprint density at radius 2 is 1.86 bits per heavy atom. The first kappa shape index (κ1) is 23.6. The summed E-state index contributed by atoms with van der Waals surface area (Å²) in [6.07, 6.45) is -3.41. The number of benzene rings is 2. The number of carbonyl (C=O) groups excluding carboxylic acids is 1. The number of hydrogen-bond acceptors (Lipinski definition) is 5. The van der Waals surface area contributed by atoms with E-state index in [1.165, 1.54) is 10.9 Å². The van der Waals surface area contributed by atoms with Gasteiger partial charge < -0.3 is 10.0 Å². The average molecular weight is 522 g/mol. The van der Waals surface area contributed by atoms with Crippen LogP contribution in [-0.4, -0.2) is 39.5 Å². The molecule has 3 heterocycles. The van der Waals surface area contributed by atoms with E-state index in [2.05, 4.69) is 0 Å². The van der Waals surface area contributed by atoms with Crippen LogP contribution in [0.1, 0.15) is 40.1 Å². The second-order valence-electron chi connectivity index (χ2n) is 8.37. The lowest BCUT2D eigenvalue weighted by Crippen LogP contribution is -2.60. The van der Waals surface area contributed by atoms with Gasteiger partial charge in [-0.15, -0.1) is 11.8 Å². The van der Waals surface area contributed by atoms with Crippen LogP contribution < -0.4 is 10.4 Å². The maximum absolute atomic E-state index is 13.8. The lowest BCUT2D eigenvalue weighted by atomic mass is 9.94. The third-order valence-electron chi connectivity index (χ3n) is 6.33. The summed E-state index contributed by atoms with van der Waals surface area (Å²) in [6.45, 7) is 0.440. The second-order valence-corrected chi connectivity index (χ2v) is 9.82. The van der Waals surface area contributed by atoms with Gasteiger partial charge in [-0.1, -0.05) is 35.9 Å². The average Bonchev–Trinajstić information content (AvgIpc) is 2.97. The topological polar surface area (TPSA) is 65.8 Å². The zero-order valence-electron chi connectivity index (χ0n) is 18.3. The summed E-state index contributed by atoms with van der Waals surface area (Å²) < 4.78 is 42.6. The van der Waals surface area contributed by atoms with E-state index in [1.54, 1.807) is 28.9 Å². The molecule has 2 aliphatic rings. The molecule has 6 nitrogen and oxygen atoms in total. The zero-order chi connectivity index (χ0) is 25.1. The molecule has 0 radical (unpaired) electrons. The van der Waals surface area contributed by atoms with Gasteiger partial charge in [0.2, 0.25) is 5.43 Å². The summed E-state index contributed by atoms with van der Waals surface area (Å²) in [4.78, 5) is 26.9. The summed E-state index contributed by atoms with van der Waals surface area (Å²) in [7, 11) is 0. The van der Waals surface area contributed by atoms with Crippen molar-refractivity contribution in [3.05, 3.63) is 92.4 Å². The largest absolute Gasteiger partial charge is 0.502 e. The highest BCUT2D eigenvalue weighted by Crippen LogP contribution is 2.44. The van der Waals surface area contributed by atoms with E-state index in [0.29, 0.717) is 15.7 Å². The van der Waals surface area contributed by atoms with Crippen LogP contribution in [0.3, 0.4) is 0 Å². The first-order valence-corrected chi connectivity index (χ1v) is 12.0. The van der Waals surface area contributed by atoms with E-state index < -0.39 is 47.7 Å². The maximum atomic E-state index is 13.8.